The van der Waals surface area contributed by atoms with Gasteiger partial charge in [-0.3, -0.25) is 0 Å². The zero-order valence-electron chi connectivity index (χ0n) is 16.3. The SMILES string of the molecule is COc1ccc(Nc2nc(N3CCCC3)nc(N3CCCC3)n2)cc1OC.Cl. The van der Waals surface area contributed by atoms with E-state index in [1.165, 1.54) is 25.7 Å². The van der Waals surface area contributed by atoms with Crippen LogP contribution in [0.25, 0.3) is 0 Å². The zero-order chi connectivity index (χ0) is 18.6. The molecule has 1 N–H and O–H groups in total. The van der Waals surface area contributed by atoms with Crippen LogP contribution in [-0.4, -0.2) is 55.4 Å². The molecule has 0 spiro atoms. The van der Waals surface area contributed by atoms with Gasteiger partial charge in [-0.05, 0) is 37.8 Å². The van der Waals surface area contributed by atoms with Gasteiger partial charge in [-0.15, -0.1) is 12.4 Å². The van der Waals surface area contributed by atoms with E-state index in [1.54, 1.807) is 14.2 Å². The molecule has 9 heteroatoms. The maximum Gasteiger partial charge on any atom is 0.233 e. The highest BCUT2D eigenvalue weighted by Gasteiger charge is 2.21. The number of rotatable bonds is 6. The number of nitrogens with zero attached hydrogens (tertiary/aromatic N) is 5. The van der Waals surface area contributed by atoms with Crippen molar-refractivity contribution in [1.29, 1.82) is 0 Å². The standard InChI is InChI=1S/C19H26N6O2.ClH/c1-26-15-8-7-14(13-16(15)27-2)20-17-21-18(24-9-3-4-10-24)23-19(22-17)25-11-5-6-12-25;/h7-8,13H,3-6,9-12H2,1-2H3,(H,20,21,22,23);1H. The van der Waals surface area contributed by atoms with Crippen molar-refractivity contribution in [2.45, 2.75) is 25.7 Å². The van der Waals surface area contributed by atoms with Gasteiger partial charge in [0.2, 0.25) is 17.8 Å². The van der Waals surface area contributed by atoms with Crippen molar-refractivity contribution >= 4 is 35.9 Å². The molecule has 3 heterocycles. The molecular formula is C19H27ClN6O2. The molecule has 0 saturated carbocycles. The topological polar surface area (TPSA) is 75.6 Å². The third-order valence-corrected chi connectivity index (χ3v) is 5.03. The van der Waals surface area contributed by atoms with Crippen LogP contribution in [-0.2, 0) is 0 Å². The predicted octanol–water partition coefficient (Wildman–Crippen LogP) is 3.25. The number of hydrogen-bond donors (Lipinski definition) is 1. The second-order valence-corrected chi connectivity index (χ2v) is 6.84. The summed E-state index contributed by atoms with van der Waals surface area (Å²) >= 11 is 0. The number of aromatic nitrogens is 3. The van der Waals surface area contributed by atoms with Crippen molar-refractivity contribution in [2.75, 3.05) is 55.5 Å². The van der Waals surface area contributed by atoms with Gasteiger partial charge >= 0.3 is 0 Å². The van der Waals surface area contributed by atoms with Crippen molar-refractivity contribution in [2.24, 2.45) is 0 Å². The Morgan fingerprint density at radius 1 is 0.786 bits per heavy atom. The van der Waals surface area contributed by atoms with Crippen LogP contribution in [0.15, 0.2) is 18.2 Å². The third-order valence-electron chi connectivity index (χ3n) is 5.03. The van der Waals surface area contributed by atoms with Crippen molar-refractivity contribution in [1.82, 2.24) is 15.0 Å². The second-order valence-electron chi connectivity index (χ2n) is 6.84. The normalized spacial score (nSPS) is 16.1. The van der Waals surface area contributed by atoms with Gasteiger partial charge in [-0.25, -0.2) is 0 Å². The Hall–Kier alpha value is -2.48. The minimum atomic E-state index is 0. The van der Waals surface area contributed by atoms with Crippen molar-refractivity contribution in [3.8, 4) is 11.5 Å². The molecule has 0 aliphatic carbocycles. The van der Waals surface area contributed by atoms with Crippen LogP contribution < -0.4 is 24.6 Å². The summed E-state index contributed by atoms with van der Waals surface area (Å²) < 4.78 is 10.7. The van der Waals surface area contributed by atoms with Crippen molar-refractivity contribution < 1.29 is 9.47 Å². The first kappa shape index (κ1) is 20.3. The number of methoxy groups -OCH3 is 2. The lowest BCUT2D eigenvalue weighted by Gasteiger charge is -2.21. The van der Waals surface area contributed by atoms with Gasteiger partial charge in [-0.2, -0.15) is 15.0 Å². The molecule has 0 atom stereocenters. The summed E-state index contributed by atoms with van der Waals surface area (Å²) in [7, 11) is 3.25. The van der Waals surface area contributed by atoms with E-state index in [2.05, 4.69) is 25.1 Å². The molecule has 0 bridgehead atoms. The molecule has 28 heavy (non-hydrogen) atoms. The third kappa shape index (κ3) is 4.32. The monoisotopic (exact) mass is 406 g/mol. The van der Waals surface area contributed by atoms with Crippen molar-refractivity contribution in [3.63, 3.8) is 0 Å². The summed E-state index contributed by atoms with van der Waals surface area (Å²) in [5.74, 6) is 3.42. The molecule has 2 aliphatic heterocycles. The van der Waals surface area contributed by atoms with Crippen LogP contribution >= 0.6 is 12.4 Å². The van der Waals surface area contributed by atoms with E-state index >= 15 is 0 Å². The number of anilines is 4. The summed E-state index contributed by atoms with van der Waals surface area (Å²) in [5, 5.41) is 3.31. The first-order valence-electron chi connectivity index (χ1n) is 9.52. The van der Waals surface area contributed by atoms with Gasteiger partial charge in [0.05, 0.1) is 14.2 Å². The fraction of sp³-hybridized carbons (Fsp3) is 0.526. The van der Waals surface area contributed by atoms with E-state index < -0.39 is 0 Å². The van der Waals surface area contributed by atoms with Crippen LogP contribution in [0.3, 0.4) is 0 Å². The van der Waals surface area contributed by atoms with E-state index in [-0.39, 0.29) is 12.4 Å². The number of nitrogens with one attached hydrogen (secondary N) is 1. The largest absolute Gasteiger partial charge is 0.493 e. The molecular weight excluding hydrogens is 380 g/mol. The summed E-state index contributed by atoms with van der Waals surface area (Å²) in [6.45, 7) is 4.00. The van der Waals surface area contributed by atoms with Gasteiger partial charge in [0.25, 0.3) is 0 Å². The predicted molar refractivity (Wildman–Crippen MR) is 113 cm³/mol. The Morgan fingerprint density at radius 3 is 1.82 bits per heavy atom. The maximum atomic E-state index is 5.39. The Balaban J connectivity index is 0.00000225. The quantitative estimate of drug-likeness (QED) is 0.783. The molecule has 4 rings (SSSR count). The van der Waals surface area contributed by atoms with Gasteiger partial charge in [0.1, 0.15) is 0 Å². The summed E-state index contributed by atoms with van der Waals surface area (Å²) in [5.41, 5.74) is 0.846. The van der Waals surface area contributed by atoms with E-state index in [0.29, 0.717) is 17.4 Å². The Kier molecular flexibility index (Phi) is 6.61. The molecule has 2 saturated heterocycles. The lowest BCUT2D eigenvalue weighted by atomic mass is 10.3. The lowest BCUT2D eigenvalue weighted by Crippen LogP contribution is -2.25. The number of halogens is 1. The van der Waals surface area contributed by atoms with Crippen LogP contribution in [0.1, 0.15) is 25.7 Å². The molecule has 2 aromatic rings. The van der Waals surface area contributed by atoms with Crippen molar-refractivity contribution in [3.05, 3.63) is 18.2 Å². The average molecular weight is 407 g/mol. The first-order valence-corrected chi connectivity index (χ1v) is 9.52. The van der Waals surface area contributed by atoms with E-state index in [4.69, 9.17) is 14.5 Å². The van der Waals surface area contributed by atoms with Crippen LogP contribution in [0, 0.1) is 0 Å². The maximum absolute atomic E-state index is 5.39. The summed E-state index contributed by atoms with van der Waals surface area (Å²) in [4.78, 5) is 18.6. The number of benzene rings is 1. The van der Waals surface area contributed by atoms with Gasteiger partial charge in [0.15, 0.2) is 11.5 Å². The van der Waals surface area contributed by atoms with Gasteiger partial charge < -0.3 is 24.6 Å². The molecule has 1 aromatic heterocycles. The smallest absolute Gasteiger partial charge is 0.233 e. The molecule has 2 aliphatic rings. The van der Waals surface area contributed by atoms with E-state index in [1.807, 2.05) is 18.2 Å². The van der Waals surface area contributed by atoms with E-state index in [0.717, 1.165) is 43.8 Å². The number of ether oxygens (including phenoxy) is 2. The Labute approximate surface area is 171 Å². The Bertz CT molecular complexity index is 760. The van der Waals surface area contributed by atoms with Gasteiger partial charge in [0, 0.05) is 37.9 Å². The second kappa shape index (κ2) is 9.14. The highest BCUT2D eigenvalue weighted by Crippen LogP contribution is 2.31. The van der Waals surface area contributed by atoms with E-state index in [9.17, 15) is 0 Å². The highest BCUT2D eigenvalue weighted by molar-refractivity contribution is 5.85. The molecule has 2 fully saturated rings. The summed E-state index contributed by atoms with van der Waals surface area (Å²) in [6.07, 6.45) is 4.73. The number of hydrogen-bond acceptors (Lipinski definition) is 8. The average Bonchev–Trinajstić information content (AvgIpc) is 3.41. The van der Waals surface area contributed by atoms with Gasteiger partial charge in [-0.1, -0.05) is 0 Å². The molecule has 1 aromatic carbocycles. The minimum Gasteiger partial charge on any atom is -0.493 e. The van der Waals surface area contributed by atoms with Crippen LogP contribution in [0.5, 0.6) is 11.5 Å². The lowest BCUT2D eigenvalue weighted by molar-refractivity contribution is 0.355. The molecule has 0 radical (unpaired) electrons. The fourth-order valence-corrected chi connectivity index (χ4v) is 3.57. The molecule has 152 valence electrons. The molecule has 0 unspecified atom stereocenters. The molecule has 8 nitrogen and oxygen atoms in total. The van der Waals surface area contributed by atoms with Crippen LogP contribution in [0.4, 0.5) is 23.5 Å². The fourth-order valence-electron chi connectivity index (χ4n) is 3.57. The Morgan fingerprint density at radius 2 is 1.32 bits per heavy atom. The minimum absolute atomic E-state index is 0. The zero-order valence-corrected chi connectivity index (χ0v) is 17.2. The highest BCUT2D eigenvalue weighted by atomic mass is 35.5. The first-order chi connectivity index (χ1) is 13.3. The summed E-state index contributed by atoms with van der Waals surface area (Å²) in [6, 6.07) is 5.68. The van der Waals surface area contributed by atoms with Crippen LogP contribution in [0.2, 0.25) is 0 Å². The molecule has 0 amide bonds.